The van der Waals surface area contributed by atoms with Crippen LogP contribution in [-0.2, 0) is 28.6 Å². The molecular weight excluding hydrogens is 889 g/mol. The Bertz CT molecular complexity index is 1520. The Morgan fingerprint density at radius 3 is 0.847 bits per heavy atom. The Balaban J connectivity index is 4.38. The summed E-state index contributed by atoms with van der Waals surface area (Å²) in [5.41, 5.74) is 0. The average Bonchev–Trinajstić information content (AvgIpc) is 3.38. The summed E-state index contributed by atoms with van der Waals surface area (Å²) in [6.07, 6.45) is 81.9. The zero-order valence-electron chi connectivity index (χ0n) is 46.7. The molecule has 0 amide bonds. The van der Waals surface area contributed by atoms with Gasteiger partial charge in [-0.3, -0.25) is 14.4 Å². The lowest BCUT2D eigenvalue weighted by Crippen LogP contribution is -2.30. The summed E-state index contributed by atoms with van der Waals surface area (Å²) < 4.78 is 16.8. The highest BCUT2D eigenvalue weighted by Crippen LogP contribution is 2.14. The van der Waals surface area contributed by atoms with Gasteiger partial charge in [-0.1, -0.05) is 251 Å². The minimum absolute atomic E-state index is 0.0908. The molecule has 0 rings (SSSR count). The summed E-state index contributed by atoms with van der Waals surface area (Å²) in [5, 5.41) is 0. The number of ether oxygens (including phenoxy) is 3. The van der Waals surface area contributed by atoms with Gasteiger partial charge >= 0.3 is 17.9 Å². The van der Waals surface area contributed by atoms with Gasteiger partial charge in [0, 0.05) is 19.3 Å². The molecule has 0 fully saturated rings. The van der Waals surface area contributed by atoms with Crippen molar-refractivity contribution in [2.24, 2.45) is 0 Å². The normalized spacial score (nSPS) is 13.0. The Morgan fingerprint density at radius 2 is 0.542 bits per heavy atom. The molecule has 6 heteroatoms. The van der Waals surface area contributed by atoms with Gasteiger partial charge in [0.25, 0.3) is 0 Å². The third-order valence-electron chi connectivity index (χ3n) is 12.2. The fourth-order valence-electron chi connectivity index (χ4n) is 7.85. The van der Waals surface area contributed by atoms with E-state index in [1.165, 1.54) is 70.6 Å². The third-order valence-corrected chi connectivity index (χ3v) is 12.2. The molecule has 1 unspecified atom stereocenters. The number of carbonyl (C=O) groups is 3. The Labute approximate surface area is 443 Å². The maximum Gasteiger partial charge on any atom is 0.306 e. The predicted molar refractivity (Wildman–Crippen MR) is 311 cm³/mol. The maximum absolute atomic E-state index is 12.9. The Hall–Kier alpha value is -4.19. The molecule has 0 heterocycles. The van der Waals surface area contributed by atoms with Crippen LogP contribution >= 0.6 is 0 Å². The number of allylic oxidation sites excluding steroid dienone is 20. The lowest BCUT2D eigenvalue weighted by Gasteiger charge is -2.18. The fraction of sp³-hybridized carbons (Fsp3) is 0.652. The molecule has 0 N–H and O–H groups in total. The van der Waals surface area contributed by atoms with Crippen molar-refractivity contribution in [1.29, 1.82) is 0 Å². The highest BCUT2D eigenvalue weighted by atomic mass is 16.6. The third kappa shape index (κ3) is 56.7. The molecule has 408 valence electrons. The SMILES string of the molecule is CC/C=C\C/C=C\C/C=C\C/C=C\C/C=C\CCCCCCCCCC(=O)OCC(COC(=O)CCCCCCCCCCCC)OC(=O)CCCCCCC/C=C\C/C=C\C/C=C\C/C=C\C/C=C\CC. The van der Waals surface area contributed by atoms with Crippen LogP contribution in [0.4, 0.5) is 0 Å². The van der Waals surface area contributed by atoms with E-state index in [4.69, 9.17) is 14.2 Å². The van der Waals surface area contributed by atoms with E-state index in [-0.39, 0.29) is 31.1 Å². The summed E-state index contributed by atoms with van der Waals surface area (Å²) in [6.45, 7) is 6.38. The van der Waals surface area contributed by atoms with Crippen LogP contribution in [0.3, 0.4) is 0 Å². The highest BCUT2D eigenvalue weighted by molar-refractivity contribution is 5.71. The first-order valence-corrected chi connectivity index (χ1v) is 29.5. The van der Waals surface area contributed by atoms with Gasteiger partial charge in [0.1, 0.15) is 13.2 Å². The van der Waals surface area contributed by atoms with Crippen LogP contribution in [0, 0.1) is 0 Å². The van der Waals surface area contributed by atoms with Crippen molar-refractivity contribution in [1.82, 2.24) is 0 Å². The Kier molecular flexibility index (Phi) is 55.9. The van der Waals surface area contributed by atoms with Gasteiger partial charge in [-0.25, -0.2) is 0 Å². The van der Waals surface area contributed by atoms with Crippen molar-refractivity contribution in [2.75, 3.05) is 13.2 Å². The Morgan fingerprint density at radius 1 is 0.292 bits per heavy atom. The molecule has 1 atom stereocenters. The number of hydrogen-bond acceptors (Lipinski definition) is 6. The van der Waals surface area contributed by atoms with E-state index in [0.717, 1.165) is 148 Å². The molecular formula is C66H108O6. The van der Waals surface area contributed by atoms with Crippen LogP contribution in [0.25, 0.3) is 0 Å². The second-order valence-corrected chi connectivity index (χ2v) is 19.1. The van der Waals surface area contributed by atoms with E-state index >= 15 is 0 Å². The molecule has 0 aromatic heterocycles. The summed E-state index contributed by atoms with van der Waals surface area (Å²) in [4.78, 5) is 38.1. The first kappa shape index (κ1) is 67.8. The minimum Gasteiger partial charge on any atom is -0.462 e. The van der Waals surface area contributed by atoms with Crippen molar-refractivity contribution in [3.63, 3.8) is 0 Å². The zero-order valence-corrected chi connectivity index (χ0v) is 46.7. The van der Waals surface area contributed by atoms with E-state index in [1.807, 2.05) is 0 Å². The molecule has 0 saturated carbocycles. The molecule has 72 heavy (non-hydrogen) atoms. The monoisotopic (exact) mass is 997 g/mol. The molecule has 0 saturated heterocycles. The smallest absolute Gasteiger partial charge is 0.306 e. The van der Waals surface area contributed by atoms with E-state index in [0.29, 0.717) is 19.3 Å². The van der Waals surface area contributed by atoms with Gasteiger partial charge in [0.15, 0.2) is 6.10 Å². The largest absolute Gasteiger partial charge is 0.462 e. The molecule has 0 aromatic rings. The molecule has 6 nitrogen and oxygen atoms in total. The van der Waals surface area contributed by atoms with E-state index in [1.54, 1.807) is 0 Å². The van der Waals surface area contributed by atoms with Crippen molar-refractivity contribution >= 4 is 17.9 Å². The molecule has 0 spiro atoms. The zero-order chi connectivity index (χ0) is 52.2. The number of unbranched alkanes of at least 4 members (excludes halogenated alkanes) is 21. The fourth-order valence-corrected chi connectivity index (χ4v) is 7.85. The number of esters is 3. The van der Waals surface area contributed by atoms with Gasteiger partial charge in [-0.15, -0.1) is 0 Å². The second kappa shape index (κ2) is 59.4. The van der Waals surface area contributed by atoms with E-state index in [2.05, 4.69) is 142 Å². The van der Waals surface area contributed by atoms with Crippen LogP contribution in [0.1, 0.15) is 258 Å². The summed E-state index contributed by atoms with van der Waals surface area (Å²) in [5.74, 6) is -0.923. The van der Waals surface area contributed by atoms with Crippen molar-refractivity contribution in [3.05, 3.63) is 122 Å². The van der Waals surface area contributed by atoms with Crippen LogP contribution < -0.4 is 0 Å². The van der Waals surface area contributed by atoms with Gasteiger partial charge in [-0.05, 0) is 109 Å². The molecule has 0 bridgehead atoms. The summed E-state index contributed by atoms with van der Waals surface area (Å²) in [7, 11) is 0. The number of hydrogen-bond donors (Lipinski definition) is 0. The maximum atomic E-state index is 12.9. The first-order valence-electron chi connectivity index (χ1n) is 29.5. The number of rotatable bonds is 52. The molecule has 0 aliphatic rings. The molecule has 0 aliphatic heterocycles. The first-order chi connectivity index (χ1) is 35.5. The summed E-state index contributed by atoms with van der Waals surface area (Å²) in [6, 6.07) is 0. The van der Waals surface area contributed by atoms with Crippen LogP contribution in [0.2, 0.25) is 0 Å². The van der Waals surface area contributed by atoms with Gasteiger partial charge in [0.05, 0.1) is 0 Å². The number of carbonyl (C=O) groups excluding carboxylic acids is 3. The average molecular weight is 998 g/mol. The van der Waals surface area contributed by atoms with Crippen molar-refractivity contribution in [2.45, 2.75) is 264 Å². The van der Waals surface area contributed by atoms with Gasteiger partial charge < -0.3 is 14.2 Å². The predicted octanol–water partition coefficient (Wildman–Crippen LogP) is 20.0. The highest BCUT2D eigenvalue weighted by Gasteiger charge is 2.19. The van der Waals surface area contributed by atoms with Crippen LogP contribution in [0.15, 0.2) is 122 Å². The van der Waals surface area contributed by atoms with Crippen molar-refractivity contribution < 1.29 is 28.6 Å². The minimum atomic E-state index is -0.795. The topological polar surface area (TPSA) is 78.9 Å². The van der Waals surface area contributed by atoms with E-state index in [9.17, 15) is 14.4 Å². The standard InChI is InChI=1S/C66H108O6/c1-4-7-10-13-16-19-22-24-26-28-30-32-33-35-36-38-40-42-44-47-50-53-56-59-65(68)71-62-63(61-70-64(67)58-55-52-49-46-21-18-15-12-9-6-3)72-66(69)60-57-54-51-48-45-43-41-39-37-34-31-29-27-25-23-20-17-14-11-8-5-2/h7-8,10-11,16-17,19-20,24-27,30-32,34-36,39,41,63H,4-6,9,12-15,18,21-23,28-29,33,37-38,40,42-62H2,1-3H3/b10-7-,11-8-,19-16-,20-17-,26-24-,27-25-,32-30-,34-31-,36-35-,41-39-. The quantitative estimate of drug-likeness (QED) is 0.0261. The lowest BCUT2D eigenvalue weighted by atomic mass is 10.1. The van der Waals surface area contributed by atoms with Gasteiger partial charge in [-0.2, -0.15) is 0 Å². The molecule has 0 radical (unpaired) electrons. The van der Waals surface area contributed by atoms with Crippen molar-refractivity contribution in [3.8, 4) is 0 Å². The summed E-state index contributed by atoms with van der Waals surface area (Å²) >= 11 is 0. The lowest BCUT2D eigenvalue weighted by molar-refractivity contribution is -0.167. The second-order valence-electron chi connectivity index (χ2n) is 19.1. The van der Waals surface area contributed by atoms with Crippen LogP contribution in [0.5, 0.6) is 0 Å². The van der Waals surface area contributed by atoms with E-state index < -0.39 is 6.10 Å². The van der Waals surface area contributed by atoms with Crippen LogP contribution in [-0.4, -0.2) is 37.2 Å². The molecule has 0 aliphatic carbocycles. The molecule has 0 aromatic carbocycles. The van der Waals surface area contributed by atoms with Gasteiger partial charge in [0.2, 0.25) is 0 Å².